The van der Waals surface area contributed by atoms with Crippen molar-refractivity contribution in [2.45, 2.75) is 6.42 Å². The molecule has 0 spiro atoms. The Morgan fingerprint density at radius 1 is 1.19 bits per heavy atom. The third-order valence-electron chi connectivity index (χ3n) is 3.99. The molecule has 0 bridgehead atoms. The molecule has 1 heterocycles. The van der Waals surface area contributed by atoms with Crippen LogP contribution in [0.25, 0.3) is 0 Å². The SMILES string of the molecule is COc1ccc(N2CCCS2(=O)=O)cc1NC(=O)c1ccc(Cl)cc1Cl. The topological polar surface area (TPSA) is 75.7 Å². The van der Waals surface area contributed by atoms with Crippen LogP contribution in [0.3, 0.4) is 0 Å². The van der Waals surface area contributed by atoms with E-state index in [0.29, 0.717) is 35.1 Å². The highest BCUT2D eigenvalue weighted by Gasteiger charge is 2.29. The molecular formula is C17H16Cl2N2O4S. The van der Waals surface area contributed by atoms with Crippen molar-refractivity contribution in [3.05, 3.63) is 52.0 Å². The molecule has 0 saturated carbocycles. The van der Waals surface area contributed by atoms with Crippen molar-refractivity contribution < 1.29 is 17.9 Å². The van der Waals surface area contributed by atoms with Crippen LogP contribution < -0.4 is 14.4 Å². The molecule has 0 aliphatic carbocycles. The molecule has 2 aromatic rings. The summed E-state index contributed by atoms with van der Waals surface area (Å²) in [4.78, 5) is 12.5. The first-order chi connectivity index (χ1) is 12.3. The van der Waals surface area contributed by atoms with Crippen LogP contribution in [0.2, 0.25) is 10.0 Å². The van der Waals surface area contributed by atoms with Crippen molar-refractivity contribution >= 4 is 50.5 Å². The van der Waals surface area contributed by atoms with Crippen LogP contribution in [0.4, 0.5) is 11.4 Å². The van der Waals surface area contributed by atoms with Crippen LogP contribution in [0.1, 0.15) is 16.8 Å². The minimum atomic E-state index is -3.32. The average molecular weight is 415 g/mol. The molecule has 0 radical (unpaired) electrons. The molecule has 1 aliphatic rings. The average Bonchev–Trinajstić information content (AvgIpc) is 2.93. The molecule has 138 valence electrons. The molecular weight excluding hydrogens is 399 g/mol. The lowest BCUT2D eigenvalue weighted by atomic mass is 10.2. The van der Waals surface area contributed by atoms with E-state index < -0.39 is 15.9 Å². The maximum Gasteiger partial charge on any atom is 0.257 e. The Balaban J connectivity index is 1.93. The van der Waals surface area contributed by atoms with Crippen molar-refractivity contribution in [3.8, 4) is 5.75 Å². The van der Waals surface area contributed by atoms with Crippen LogP contribution in [0, 0.1) is 0 Å². The molecule has 6 nitrogen and oxygen atoms in total. The summed E-state index contributed by atoms with van der Waals surface area (Å²) in [6, 6.07) is 9.38. The van der Waals surface area contributed by atoms with E-state index in [2.05, 4.69) is 5.32 Å². The standard InChI is InChI=1S/C17H16Cl2N2O4S/c1-25-16-6-4-12(21-7-2-8-26(21,23)24)10-15(16)20-17(22)13-5-3-11(18)9-14(13)19/h3-6,9-10H,2,7-8H2,1H3,(H,20,22). The Hall–Kier alpha value is -1.96. The first kappa shape index (κ1) is 18.8. The fourth-order valence-corrected chi connectivity index (χ4v) is 4.79. The number of ether oxygens (including phenoxy) is 1. The Kier molecular flexibility index (Phi) is 5.32. The third kappa shape index (κ3) is 3.75. The molecule has 9 heteroatoms. The zero-order chi connectivity index (χ0) is 18.9. The fraction of sp³-hybridized carbons (Fsp3) is 0.235. The van der Waals surface area contributed by atoms with Crippen LogP contribution in [-0.4, -0.2) is 33.7 Å². The van der Waals surface area contributed by atoms with Gasteiger partial charge < -0.3 is 10.1 Å². The summed E-state index contributed by atoms with van der Waals surface area (Å²) in [6.45, 7) is 0.408. The van der Waals surface area contributed by atoms with Gasteiger partial charge in [0.05, 0.1) is 34.8 Å². The molecule has 1 fully saturated rings. The quantitative estimate of drug-likeness (QED) is 0.825. The van der Waals surface area contributed by atoms with Gasteiger partial charge in [0.25, 0.3) is 5.91 Å². The first-order valence-corrected chi connectivity index (χ1v) is 10.1. The normalized spacial score (nSPS) is 15.7. The van der Waals surface area contributed by atoms with Gasteiger partial charge in [0.2, 0.25) is 10.0 Å². The molecule has 3 rings (SSSR count). The van der Waals surface area contributed by atoms with Crippen LogP contribution >= 0.6 is 23.2 Å². The number of halogens is 2. The van der Waals surface area contributed by atoms with E-state index >= 15 is 0 Å². The number of carbonyl (C=O) groups is 1. The number of hydrogen-bond acceptors (Lipinski definition) is 4. The summed E-state index contributed by atoms with van der Waals surface area (Å²) < 4.78 is 30.8. The van der Waals surface area contributed by atoms with E-state index in [1.54, 1.807) is 24.3 Å². The number of benzene rings is 2. The number of anilines is 2. The van der Waals surface area contributed by atoms with Gasteiger partial charge in [0.1, 0.15) is 5.75 Å². The zero-order valence-electron chi connectivity index (χ0n) is 13.8. The van der Waals surface area contributed by atoms with Crippen molar-refractivity contribution in [1.82, 2.24) is 0 Å². The van der Waals surface area contributed by atoms with Gasteiger partial charge in [-0.2, -0.15) is 0 Å². The van der Waals surface area contributed by atoms with Gasteiger partial charge in [-0.25, -0.2) is 8.42 Å². The Bertz CT molecular complexity index is 963. The summed E-state index contributed by atoms with van der Waals surface area (Å²) in [5.41, 5.74) is 1.07. The highest BCUT2D eigenvalue weighted by atomic mass is 35.5. The highest BCUT2D eigenvalue weighted by Crippen LogP contribution is 2.33. The van der Waals surface area contributed by atoms with Crippen LogP contribution in [-0.2, 0) is 10.0 Å². The predicted molar refractivity (Wildman–Crippen MR) is 103 cm³/mol. The third-order valence-corrected chi connectivity index (χ3v) is 6.41. The van der Waals surface area contributed by atoms with Gasteiger partial charge in [0.15, 0.2) is 0 Å². The molecule has 2 aromatic carbocycles. The van der Waals surface area contributed by atoms with Gasteiger partial charge in [0, 0.05) is 11.6 Å². The molecule has 0 unspecified atom stereocenters. The summed E-state index contributed by atoms with van der Waals surface area (Å²) in [6.07, 6.45) is 0.566. The fourth-order valence-electron chi connectivity index (χ4n) is 2.74. The molecule has 1 N–H and O–H groups in total. The maximum atomic E-state index is 12.5. The second-order valence-corrected chi connectivity index (χ2v) is 8.56. The van der Waals surface area contributed by atoms with E-state index in [1.807, 2.05) is 0 Å². The van der Waals surface area contributed by atoms with Crippen LogP contribution in [0.15, 0.2) is 36.4 Å². The van der Waals surface area contributed by atoms with E-state index in [4.69, 9.17) is 27.9 Å². The van der Waals surface area contributed by atoms with Gasteiger partial charge >= 0.3 is 0 Å². The largest absolute Gasteiger partial charge is 0.495 e. The molecule has 1 saturated heterocycles. The Morgan fingerprint density at radius 3 is 2.58 bits per heavy atom. The number of amides is 1. The molecule has 1 amide bonds. The smallest absolute Gasteiger partial charge is 0.257 e. The second-order valence-electron chi connectivity index (χ2n) is 5.70. The first-order valence-electron chi connectivity index (χ1n) is 7.76. The van der Waals surface area contributed by atoms with E-state index in [-0.39, 0.29) is 16.3 Å². The predicted octanol–water partition coefficient (Wildman–Crippen LogP) is 3.79. The Labute approximate surface area is 161 Å². The van der Waals surface area contributed by atoms with Crippen molar-refractivity contribution in [2.75, 3.05) is 29.0 Å². The number of methoxy groups -OCH3 is 1. The summed E-state index contributed by atoms with van der Waals surface area (Å²) in [7, 11) is -1.86. The monoisotopic (exact) mass is 414 g/mol. The number of rotatable bonds is 4. The lowest BCUT2D eigenvalue weighted by Crippen LogP contribution is -2.25. The summed E-state index contributed by atoms with van der Waals surface area (Å²) >= 11 is 11.9. The number of nitrogens with zero attached hydrogens (tertiary/aromatic N) is 1. The van der Waals surface area contributed by atoms with E-state index in [9.17, 15) is 13.2 Å². The van der Waals surface area contributed by atoms with Gasteiger partial charge in [-0.1, -0.05) is 23.2 Å². The Morgan fingerprint density at radius 2 is 1.96 bits per heavy atom. The van der Waals surface area contributed by atoms with E-state index in [0.717, 1.165) is 0 Å². The molecule has 0 aromatic heterocycles. The lowest BCUT2D eigenvalue weighted by Gasteiger charge is -2.19. The maximum absolute atomic E-state index is 12.5. The second kappa shape index (κ2) is 7.34. The van der Waals surface area contributed by atoms with E-state index in [1.165, 1.54) is 23.5 Å². The molecule has 1 aliphatic heterocycles. The van der Waals surface area contributed by atoms with Gasteiger partial charge in [-0.15, -0.1) is 0 Å². The van der Waals surface area contributed by atoms with Crippen molar-refractivity contribution in [2.24, 2.45) is 0 Å². The van der Waals surface area contributed by atoms with Crippen molar-refractivity contribution in [3.63, 3.8) is 0 Å². The van der Waals surface area contributed by atoms with Crippen LogP contribution in [0.5, 0.6) is 5.75 Å². The lowest BCUT2D eigenvalue weighted by molar-refractivity contribution is 0.102. The molecule has 0 atom stereocenters. The van der Waals surface area contributed by atoms with Gasteiger partial charge in [-0.3, -0.25) is 9.10 Å². The number of hydrogen-bond donors (Lipinski definition) is 1. The minimum Gasteiger partial charge on any atom is -0.495 e. The number of carbonyl (C=O) groups excluding carboxylic acids is 1. The molecule has 26 heavy (non-hydrogen) atoms. The van der Waals surface area contributed by atoms with Gasteiger partial charge in [-0.05, 0) is 42.8 Å². The number of nitrogens with one attached hydrogen (secondary N) is 1. The number of sulfonamides is 1. The summed E-state index contributed by atoms with van der Waals surface area (Å²) in [5, 5.41) is 3.35. The minimum absolute atomic E-state index is 0.112. The zero-order valence-corrected chi connectivity index (χ0v) is 16.2. The van der Waals surface area contributed by atoms with Crippen molar-refractivity contribution in [1.29, 1.82) is 0 Å². The summed E-state index contributed by atoms with van der Waals surface area (Å²) in [5.74, 6) is 0.0661. The highest BCUT2D eigenvalue weighted by molar-refractivity contribution is 7.93.